The summed E-state index contributed by atoms with van der Waals surface area (Å²) in [5.74, 6) is 0. The number of hydrogen-bond donors (Lipinski definition) is 1. The third-order valence-electron chi connectivity index (χ3n) is 3.47. The molecule has 2 atom stereocenters. The summed E-state index contributed by atoms with van der Waals surface area (Å²) in [6.07, 6.45) is 4.05. The minimum Gasteiger partial charge on any atom is -0.377 e. The average Bonchev–Trinajstić information content (AvgIpc) is 2.39. The maximum atomic E-state index is 5.44. The van der Waals surface area contributed by atoms with Gasteiger partial charge in [0.1, 0.15) is 0 Å². The van der Waals surface area contributed by atoms with Gasteiger partial charge in [-0.05, 0) is 37.4 Å². The summed E-state index contributed by atoms with van der Waals surface area (Å²) in [5.41, 5.74) is 2.74. The van der Waals surface area contributed by atoms with Crippen molar-refractivity contribution in [2.45, 2.75) is 38.3 Å². The van der Waals surface area contributed by atoms with Gasteiger partial charge in [-0.2, -0.15) is 0 Å². The van der Waals surface area contributed by atoms with Crippen LogP contribution < -0.4 is 5.32 Å². The van der Waals surface area contributed by atoms with Crippen molar-refractivity contribution in [3.05, 3.63) is 35.4 Å². The first-order valence-corrected chi connectivity index (χ1v) is 6.18. The van der Waals surface area contributed by atoms with E-state index in [-0.39, 0.29) is 6.10 Å². The van der Waals surface area contributed by atoms with Crippen molar-refractivity contribution < 1.29 is 4.74 Å². The summed E-state index contributed by atoms with van der Waals surface area (Å²) in [7, 11) is 1.77. The van der Waals surface area contributed by atoms with Crippen LogP contribution in [-0.2, 0) is 4.74 Å². The molecule has 2 nitrogen and oxygen atoms in total. The number of ether oxygens (including phenoxy) is 1. The molecule has 0 bridgehead atoms. The molecule has 0 spiro atoms. The predicted molar refractivity (Wildman–Crippen MR) is 66.5 cm³/mol. The van der Waals surface area contributed by atoms with Crippen molar-refractivity contribution in [1.29, 1.82) is 0 Å². The molecule has 0 radical (unpaired) electrons. The van der Waals surface area contributed by atoms with E-state index in [9.17, 15) is 0 Å². The highest BCUT2D eigenvalue weighted by molar-refractivity contribution is 5.32. The Morgan fingerprint density at radius 2 is 2.12 bits per heavy atom. The molecule has 1 heterocycles. The van der Waals surface area contributed by atoms with Gasteiger partial charge in [0.05, 0.1) is 6.10 Å². The molecular formula is C14H21NO. The molecule has 2 rings (SSSR count). The van der Waals surface area contributed by atoms with Gasteiger partial charge in [-0.1, -0.05) is 30.7 Å². The number of benzene rings is 1. The first-order chi connectivity index (χ1) is 7.83. The molecule has 2 unspecified atom stereocenters. The lowest BCUT2D eigenvalue weighted by atomic mass is 9.92. The van der Waals surface area contributed by atoms with Crippen molar-refractivity contribution in [1.82, 2.24) is 5.32 Å². The molecule has 0 aliphatic carbocycles. The largest absolute Gasteiger partial charge is 0.377 e. The smallest absolute Gasteiger partial charge is 0.0796 e. The van der Waals surface area contributed by atoms with Crippen LogP contribution in [-0.4, -0.2) is 13.7 Å². The molecule has 0 amide bonds. The standard InChI is InChI=1S/C14H21NO/c1-11(16-2)12-7-3-4-8-13(12)14-9-5-6-10-15-14/h3-4,7-8,11,14-15H,5-6,9-10H2,1-2H3. The average molecular weight is 219 g/mol. The summed E-state index contributed by atoms with van der Waals surface area (Å²) in [6.45, 7) is 3.25. The third-order valence-corrected chi connectivity index (χ3v) is 3.47. The van der Waals surface area contributed by atoms with E-state index in [2.05, 4.69) is 36.5 Å². The molecule has 1 saturated heterocycles. The van der Waals surface area contributed by atoms with Crippen LogP contribution in [0.5, 0.6) is 0 Å². The lowest BCUT2D eigenvalue weighted by molar-refractivity contribution is 0.118. The second-order valence-electron chi connectivity index (χ2n) is 4.51. The number of methoxy groups -OCH3 is 1. The van der Waals surface area contributed by atoms with Crippen LogP contribution in [0.25, 0.3) is 0 Å². The predicted octanol–water partition coefficient (Wildman–Crippen LogP) is 3.21. The van der Waals surface area contributed by atoms with E-state index >= 15 is 0 Å². The summed E-state index contributed by atoms with van der Waals surface area (Å²) in [5, 5.41) is 3.60. The molecule has 1 N–H and O–H groups in total. The van der Waals surface area contributed by atoms with Crippen molar-refractivity contribution in [2.24, 2.45) is 0 Å². The second-order valence-corrected chi connectivity index (χ2v) is 4.51. The van der Waals surface area contributed by atoms with Gasteiger partial charge in [0.15, 0.2) is 0 Å². The van der Waals surface area contributed by atoms with Crippen molar-refractivity contribution in [3.63, 3.8) is 0 Å². The summed E-state index contributed by atoms with van der Waals surface area (Å²) in [6, 6.07) is 9.14. The van der Waals surface area contributed by atoms with E-state index < -0.39 is 0 Å². The van der Waals surface area contributed by atoms with Crippen LogP contribution in [0.3, 0.4) is 0 Å². The second kappa shape index (κ2) is 5.46. The van der Waals surface area contributed by atoms with E-state index in [1.54, 1.807) is 7.11 Å². The highest BCUT2D eigenvalue weighted by Gasteiger charge is 2.19. The fourth-order valence-corrected chi connectivity index (χ4v) is 2.44. The van der Waals surface area contributed by atoms with Crippen LogP contribution in [0.2, 0.25) is 0 Å². The van der Waals surface area contributed by atoms with Gasteiger partial charge >= 0.3 is 0 Å². The fourth-order valence-electron chi connectivity index (χ4n) is 2.44. The number of hydrogen-bond acceptors (Lipinski definition) is 2. The SMILES string of the molecule is COC(C)c1ccccc1C1CCCCN1. The molecule has 1 aliphatic rings. The van der Waals surface area contributed by atoms with Crippen LogP contribution in [0.4, 0.5) is 0 Å². The Balaban J connectivity index is 2.24. The van der Waals surface area contributed by atoms with Crippen LogP contribution >= 0.6 is 0 Å². The zero-order valence-corrected chi connectivity index (χ0v) is 10.2. The highest BCUT2D eigenvalue weighted by atomic mass is 16.5. The maximum Gasteiger partial charge on any atom is 0.0796 e. The number of rotatable bonds is 3. The fraction of sp³-hybridized carbons (Fsp3) is 0.571. The monoisotopic (exact) mass is 219 g/mol. The minimum atomic E-state index is 0.180. The zero-order chi connectivity index (χ0) is 11.4. The summed E-state index contributed by atoms with van der Waals surface area (Å²) < 4.78 is 5.44. The Kier molecular flexibility index (Phi) is 3.97. The van der Waals surface area contributed by atoms with Gasteiger partial charge in [0.2, 0.25) is 0 Å². The van der Waals surface area contributed by atoms with Crippen molar-refractivity contribution >= 4 is 0 Å². The normalized spacial score (nSPS) is 23.0. The van der Waals surface area contributed by atoms with E-state index in [1.165, 1.54) is 30.4 Å². The zero-order valence-electron chi connectivity index (χ0n) is 10.2. The Morgan fingerprint density at radius 3 is 2.81 bits per heavy atom. The first kappa shape index (κ1) is 11.6. The molecule has 88 valence electrons. The highest BCUT2D eigenvalue weighted by Crippen LogP contribution is 2.29. The van der Waals surface area contributed by atoms with E-state index in [0.717, 1.165) is 6.54 Å². The van der Waals surface area contributed by atoms with Gasteiger partial charge in [0, 0.05) is 13.2 Å². The van der Waals surface area contributed by atoms with E-state index in [0.29, 0.717) is 6.04 Å². The molecule has 1 aliphatic heterocycles. The molecule has 0 aromatic heterocycles. The Morgan fingerprint density at radius 1 is 1.31 bits per heavy atom. The van der Waals surface area contributed by atoms with Gasteiger partial charge in [0.25, 0.3) is 0 Å². The molecule has 0 saturated carbocycles. The molecule has 1 aromatic rings. The third kappa shape index (κ3) is 2.45. The summed E-state index contributed by atoms with van der Waals surface area (Å²) >= 11 is 0. The molecule has 2 heteroatoms. The quantitative estimate of drug-likeness (QED) is 0.843. The Bertz CT molecular complexity index is 331. The molecular weight excluding hydrogens is 198 g/mol. The van der Waals surface area contributed by atoms with Gasteiger partial charge < -0.3 is 10.1 Å². The van der Waals surface area contributed by atoms with E-state index in [4.69, 9.17) is 4.74 Å². The Hall–Kier alpha value is -0.860. The van der Waals surface area contributed by atoms with E-state index in [1.807, 2.05) is 0 Å². The van der Waals surface area contributed by atoms with Crippen LogP contribution in [0.15, 0.2) is 24.3 Å². The summed E-state index contributed by atoms with van der Waals surface area (Å²) in [4.78, 5) is 0. The van der Waals surface area contributed by atoms with Crippen molar-refractivity contribution in [3.8, 4) is 0 Å². The van der Waals surface area contributed by atoms with Crippen molar-refractivity contribution in [2.75, 3.05) is 13.7 Å². The van der Waals surface area contributed by atoms with Gasteiger partial charge in [-0.3, -0.25) is 0 Å². The maximum absolute atomic E-state index is 5.44. The number of nitrogens with one attached hydrogen (secondary N) is 1. The van der Waals surface area contributed by atoms with Crippen LogP contribution in [0, 0.1) is 0 Å². The lowest BCUT2D eigenvalue weighted by Crippen LogP contribution is -2.27. The molecule has 1 fully saturated rings. The molecule has 16 heavy (non-hydrogen) atoms. The lowest BCUT2D eigenvalue weighted by Gasteiger charge is -2.27. The molecule has 1 aromatic carbocycles. The number of piperidine rings is 1. The van der Waals surface area contributed by atoms with Gasteiger partial charge in [-0.25, -0.2) is 0 Å². The van der Waals surface area contributed by atoms with Crippen LogP contribution in [0.1, 0.15) is 49.5 Å². The first-order valence-electron chi connectivity index (χ1n) is 6.18. The van der Waals surface area contributed by atoms with Gasteiger partial charge in [-0.15, -0.1) is 0 Å². The minimum absolute atomic E-state index is 0.180. The Labute approximate surface area is 98.0 Å². The topological polar surface area (TPSA) is 21.3 Å².